The molecule has 3 atom stereocenters. The smallest absolute Gasteiger partial charge is 0.373 e. The maximum absolute atomic E-state index is 12.9. The fourth-order valence-corrected chi connectivity index (χ4v) is 6.66. The van der Waals surface area contributed by atoms with Crippen LogP contribution < -0.4 is 14.8 Å². The molecule has 63 heavy (non-hydrogen) atoms. The van der Waals surface area contributed by atoms with Crippen LogP contribution in [-0.4, -0.2) is 46.4 Å². The van der Waals surface area contributed by atoms with Gasteiger partial charge in [0.2, 0.25) is 5.82 Å². The summed E-state index contributed by atoms with van der Waals surface area (Å²) in [7, 11) is 0. The predicted octanol–water partition coefficient (Wildman–Crippen LogP) is 9.93. The maximum Gasteiger partial charge on any atom is 0.373 e. The fraction of sp³-hybridized carbons (Fsp3) is 0.216. The van der Waals surface area contributed by atoms with Gasteiger partial charge in [0, 0.05) is 6.54 Å². The number of ether oxygens (including phenoxy) is 6. The third-order valence-electron chi connectivity index (χ3n) is 9.94. The van der Waals surface area contributed by atoms with Gasteiger partial charge >= 0.3 is 17.6 Å². The Hall–Kier alpha value is -6.96. The number of rotatable bonds is 25. The lowest BCUT2D eigenvalue weighted by atomic mass is 10.1. The van der Waals surface area contributed by atoms with Crippen LogP contribution in [0.15, 0.2) is 182 Å². The van der Waals surface area contributed by atoms with Crippen molar-refractivity contribution in [3.05, 3.63) is 225 Å². The summed E-state index contributed by atoms with van der Waals surface area (Å²) in [6, 6.07) is 58.1. The highest BCUT2D eigenvalue weighted by molar-refractivity contribution is 5.62. The van der Waals surface area contributed by atoms with Crippen LogP contribution in [-0.2, 0) is 58.6 Å². The quantitative estimate of drug-likeness (QED) is 0.0435. The highest BCUT2D eigenvalue weighted by Gasteiger charge is 2.35. The Morgan fingerprint density at radius 1 is 0.476 bits per heavy atom. The number of anilines is 1. The zero-order valence-electron chi connectivity index (χ0n) is 34.8. The van der Waals surface area contributed by atoms with Crippen LogP contribution in [0.2, 0.25) is 0 Å². The second-order valence-corrected chi connectivity index (χ2v) is 14.6. The van der Waals surface area contributed by atoms with Gasteiger partial charge in [-0.15, -0.1) is 0 Å². The van der Waals surface area contributed by atoms with Crippen LogP contribution in [0.5, 0.6) is 11.9 Å². The molecule has 1 heterocycles. The van der Waals surface area contributed by atoms with Crippen LogP contribution in [0, 0.1) is 10.1 Å². The van der Waals surface area contributed by atoms with Crippen molar-refractivity contribution in [1.29, 1.82) is 0 Å². The van der Waals surface area contributed by atoms with E-state index in [2.05, 4.69) is 15.3 Å². The lowest BCUT2D eigenvalue weighted by Crippen LogP contribution is -2.48. The highest BCUT2D eigenvalue weighted by atomic mass is 16.6. The van der Waals surface area contributed by atoms with Crippen LogP contribution in [0.4, 0.5) is 11.5 Å². The molecular formula is C51H50N4O8. The molecule has 0 aliphatic heterocycles. The Kier molecular flexibility index (Phi) is 16.7. The predicted molar refractivity (Wildman–Crippen MR) is 240 cm³/mol. The maximum atomic E-state index is 12.9. The average Bonchev–Trinajstić information content (AvgIpc) is 3.34. The number of nitro groups is 1. The Balaban J connectivity index is 1.23. The summed E-state index contributed by atoms with van der Waals surface area (Å²) >= 11 is 0. The van der Waals surface area contributed by atoms with Gasteiger partial charge < -0.3 is 33.7 Å². The molecule has 0 saturated heterocycles. The molecule has 12 nitrogen and oxygen atoms in total. The molecule has 7 rings (SSSR count). The van der Waals surface area contributed by atoms with Gasteiger partial charge in [-0.05, 0) is 33.4 Å². The first-order chi connectivity index (χ1) is 31.1. The molecule has 0 amide bonds. The molecule has 6 aromatic carbocycles. The van der Waals surface area contributed by atoms with Crippen LogP contribution in [0.25, 0.3) is 0 Å². The molecule has 0 spiro atoms. The van der Waals surface area contributed by atoms with Gasteiger partial charge in [-0.1, -0.05) is 182 Å². The van der Waals surface area contributed by atoms with E-state index in [0.717, 1.165) is 33.4 Å². The number of nitrogens with one attached hydrogen (secondary N) is 1. The van der Waals surface area contributed by atoms with Crippen molar-refractivity contribution >= 4 is 11.5 Å². The Morgan fingerprint density at radius 2 is 0.873 bits per heavy atom. The van der Waals surface area contributed by atoms with Crippen molar-refractivity contribution in [2.24, 2.45) is 0 Å². The van der Waals surface area contributed by atoms with Crippen LogP contribution in [0.1, 0.15) is 33.4 Å². The summed E-state index contributed by atoms with van der Waals surface area (Å²) in [4.78, 5) is 21.3. The molecule has 0 fully saturated rings. The number of hydrogen-bond acceptors (Lipinski definition) is 11. The summed E-state index contributed by atoms with van der Waals surface area (Å²) in [5.74, 6) is -0.361. The third-order valence-corrected chi connectivity index (χ3v) is 9.94. The van der Waals surface area contributed by atoms with Gasteiger partial charge in [-0.3, -0.25) is 10.1 Å². The van der Waals surface area contributed by atoms with E-state index < -0.39 is 28.9 Å². The van der Waals surface area contributed by atoms with Gasteiger partial charge in [0.15, 0.2) is 0 Å². The average molecular weight is 847 g/mol. The second-order valence-electron chi connectivity index (χ2n) is 14.6. The molecule has 322 valence electrons. The van der Waals surface area contributed by atoms with Gasteiger partial charge in [0.05, 0.1) is 38.0 Å². The van der Waals surface area contributed by atoms with Crippen molar-refractivity contribution in [3.8, 4) is 11.9 Å². The molecule has 0 saturated carbocycles. The Bertz CT molecular complexity index is 2380. The molecule has 0 aliphatic carbocycles. The number of hydrogen-bond donors (Lipinski definition) is 1. The zero-order valence-corrected chi connectivity index (χ0v) is 34.8. The number of aromatic nitrogens is 2. The molecule has 7 aromatic rings. The molecule has 0 bridgehead atoms. The summed E-state index contributed by atoms with van der Waals surface area (Å²) in [5.41, 5.74) is 5.05. The second kappa shape index (κ2) is 23.9. The number of nitrogens with zero attached hydrogens (tertiary/aromatic N) is 3. The van der Waals surface area contributed by atoms with Gasteiger partial charge in [-0.2, -0.15) is 9.97 Å². The molecule has 12 heteroatoms. The normalized spacial score (nSPS) is 12.5. The van der Waals surface area contributed by atoms with Crippen LogP contribution >= 0.6 is 0 Å². The van der Waals surface area contributed by atoms with Gasteiger partial charge in [0.25, 0.3) is 0 Å². The summed E-state index contributed by atoms with van der Waals surface area (Å²) in [6.45, 7) is 1.33. The van der Waals surface area contributed by atoms with Crippen molar-refractivity contribution in [3.63, 3.8) is 0 Å². The zero-order chi connectivity index (χ0) is 43.3. The van der Waals surface area contributed by atoms with Crippen LogP contribution in [0.3, 0.4) is 0 Å². The van der Waals surface area contributed by atoms with E-state index in [1.807, 2.05) is 182 Å². The van der Waals surface area contributed by atoms with E-state index in [1.54, 1.807) is 0 Å². The molecule has 0 radical (unpaired) electrons. The minimum absolute atomic E-state index is 0.00965. The lowest BCUT2D eigenvalue weighted by molar-refractivity contribution is -0.385. The first-order valence-corrected chi connectivity index (χ1v) is 20.8. The molecule has 1 N–H and O–H groups in total. The minimum atomic E-state index is -0.785. The SMILES string of the molecule is O=[N+]([O-])c1c(NC[C@H](OCc2ccccc2)[C@H](OCc2ccccc2)[C@@H](COCc2ccccc2)OCc2ccccc2)nc(OCc2ccccc2)nc1OCc1ccccc1. The summed E-state index contributed by atoms with van der Waals surface area (Å²) < 4.78 is 38.8. The first kappa shape index (κ1) is 44.1. The van der Waals surface area contributed by atoms with Crippen molar-refractivity contribution in [2.45, 2.75) is 58.0 Å². The number of benzene rings is 6. The molecule has 0 unspecified atom stereocenters. The minimum Gasteiger partial charge on any atom is -0.468 e. The molecule has 0 aliphatic rings. The topological polar surface area (TPSA) is 136 Å². The van der Waals surface area contributed by atoms with E-state index in [-0.39, 0.29) is 63.9 Å². The summed E-state index contributed by atoms with van der Waals surface area (Å²) in [5, 5.41) is 16.2. The largest absolute Gasteiger partial charge is 0.468 e. The standard InChI is InChI=1S/C51H50N4O8/c56-55(57)47-49(53-51(63-37-44-29-17-6-18-30-44)54-50(47)62-36-43-27-15-5-16-28-43)52-31-45(59-33-40-21-9-2-10-22-40)48(61-35-42-25-13-4-14-26-42)46(60-34-41-23-11-3-12-24-41)38-58-32-39-19-7-1-8-20-39/h1-30,45-46,48H,31-38H2,(H,52,53,54)/t45-,46+,48-/m0/s1. The Morgan fingerprint density at radius 3 is 1.33 bits per heavy atom. The van der Waals surface area contributed by atoms with E-state index in [4.69, 9.17) is 28.4 Å². The van der Waals surface area contributed by atoms with Gasteiger partial charge in [0.1, 0.15) is 31.5 Å². The summed E-state index contributed by atoms with van der Waals surface area (Å²) in [6.07, 6.45) is -2.23. The first-order valence-electron chi connectivity index (χ1n) is 20.8. The molecule has 1 aromatic heterocycles. The van der Waals surface area contributed by atoms with E-state index >= 15 is 0 Å². The van der Waals surface area contributed by atoms with Crippen molar-refractivity contribution in [2.75, 3.05) is 18.5 Å². The van der Waals surface area contributed by atoms with E-state index in [1.165, 1.54) is 0 Å². The van der Waals surface area contributed by atoms with Crippen molar-refractivity contribution < 1.29 is 33.3 Å². The van der Waals surface area contributed by atoms with Gasteiger partial charge in [-0.25, -0.2) is 0 Å². The molecular weight excluding hydrogens is 797 g/mol. The monoisotopic (exact) mass is 846 g/mol. The van der Waals surface area contributed by atoms with E-state index in [0.29, 0.717) is 6.61 Å². The lowest BCUT2D eigenvalue weighted by Gasteiger charge is -2.34. The third kappa shape index (κ3) is 14.0. The highest BCUT2D eigenvalue weighted by Crippen LogP contribution is 2.35. The van der Waals surface area contributed by atoms with Crippen molar-refractivity contribution in [1.82, 2.24) is 9.97 Å². The Labute approximate surface area is 367 Å². The van der Waals surface area contributed by atoms with E-state index in [9.17, 15) is 10.1 Å². The fourth-order valence-electron chi connectivity index (χ4n) is 6.66.